The lowest BCUT2D eigenvalue weighted by Crippen LogP contribution is -2.12. The van der Waals surface area contributed by atoms with E-state index in [9.17, 15) is 0 Å². The summed E-state index contributed by atoms with van der Waals surface area (Å²) >= 11 is 5.78. The molecule has 1 atom stereocenters. The first kappa shape index (κ1) is 17.9. The van der Waals surface area contributed by atoms with Gasteiger partial charge in [0.05, 0.1) is 5.02 Å². The molecule has 1 aromatic heterocycles. The number of halogens is 3. The number of nitrogen functional groups attached to an aromatic ring is 1. The van der Waals surface area contributed by atoms with E-state index in [4.69, 9.17) is 23.1 Å². The van der Waals surface area contributed by atoms with Crippen molar-refractivity contribution < 1.29 is 0 Å². The van der Waals surface area contributed by atoms with Crippen LogP contribution in [0.4, 0.5) is 5.82 Å². The molecule has 0 unspecified atom stereocenters. The van der Waals surface area contributed by atoms with Crippen molar-refractivity contribution in [1.29, 1.82) is 0 Å². The Morgan fingerprint density at radius 1 is 1.50 bits per heavy atom. The van der Waals surface area contributed by atoms with Crippen LogP contribution in [0, 0.1) is 0 Å². The Morgan fingerprint density at radius 2 is 2.12 bits per heavy atom. The van der Waals surface area contributed by atoms with Crippen molar-refractivity contribution in [2.75, 3.05) is 5.73 Å². The molecule has 0 aliphatic rings. The molecule has 0 aliphatic carbocycles. The Bertz CT molecular complexity index is 340. The maximum Gasteiger partial charge on any atom is 0.130 e. The van der Waals surface area contributed by atoms with Gasteiger partial charge in [0.1, 0.15) is 5.82 Å². The maximum absolute atomic E-state index is 5.78. The molecule has 3 nitrogen and oxygen atoms in total. The van der Waals surface area contributed by atoms with Crippen molar-refractivity contribution in [2.45, 2.75) is 19.4 Å². The van der Waals surface area contributed by atoms with Crippen molar-refractivity contribution >= 4 is 48.3 Å². The molecule has 0 amide bonds. The highest BCUT2D eigenvalue weighted by Gasteiger charge is 1.97. The van der Waals surface area contributed by atoms with Crippen LogP contribution >= 0.6 is 36.4 Å². The fourth-order valence-electron chi connectivity index (χ4n) is 1.01. The summed E-state index contributed by atoms with van der Waals surface area (Å²) in [6, 6.07) is 1.93. The molecule has 0 radical (unpaired) electrons. The quantitative estimate of drug-likeness (QED) is 0.897. The number of hydrogen-bond acceptors (Lipinski definition) is 3. The number of hydrogen-bond donors (Lipinski definition) is 2. The third-order valence-corrected chi connectivity index (χ3v) is 1.93. The summed E-state index contributed by atoms with van der Waals surface area (Å²) in [6.07, 6.45) is 6.19. The van der Waals surface area contributed by atoms with Crippen LogP contribution in [0.3, 0.4) is 0 Å². The van der Waals surface area contributed by atoms with Gasteiger partial charge >= 0.3 is 0 Å². The predicted octanol–water partition coefficient (Wildman–Crippen LogP) is 2.91. The van der Waals surface area contributed by atoms with Gasteiger partial charge in [-0.05, 0) is 19.4 Å². The van der Waals surface area contributed by atoms with Crippen molar-refractivity contribution in [2.24, 2.45) is 5.73 Å². The maximum atomic E-state index is 5.78. The largest absolute Gasteiger partial charge is 0.383 e. The van der Waals surface area contributed by atoms with Gasteiger partial charge in [-0.15, -0.1) is 24.8 Å². The summed E-state index contributed by atoms with van der Waals surface area (Å²) in [5, 5.41) is 0.583. The van der Waals surface area contributed by atoms with Gasteiger partial charge < -0.3 is 11.5 Å². The molecule has 92 valence electrons. The standard InChI is InChI=1S/C10H14ClN3.2ClH/c1-7(12)3-2-4-8-5-9(11)6-14-10(8)13;;/h2,4-7H,3,12H2,1H3,(H2,13,14);2*1H/b4-2+;;/t7-;;/m0../s1. The molecule has 0 aliphatic heterocycles. The average molecular weight is 285 g/mol. The average Bonchev–Trinajstić information content (AvgIpc) is 2.10. The topological polar surface area (TPSA) is 64.9 Å². The van der Waals surface area contributed by atoms with Gasteiger partial charge in [0.15, 0.2) is 0 Å². The first-order valence-corrected chi connectivity index (χ1v) is 4.80. The molecule has 6 heteroatoms. The Labute approximate surface area is 113 Å². The fourth-order valence-corrected chi connectivity index (χ4v) is 1.18. The number of nitrogens with zero attached hydrogens (tertiary/aromatic N) is 1. The minimum atomic E-state index is 0. The molecular formula is C10H16Cl3N3. The SMILES string of the molecule is C[C@H](N)C/C=C/c1cc(Cl)cnc1N.Cl.Cl. The summed E-state index contributed by atoms with van der Waals surface area (Å²) in [5.41, 5.74) is 12.1. The second-order valence-corrected chi connectivity index (χ2v) is 3.68. The van der Waals surface area contributed by atoms with Crippen LogP contribution in [0.1, 0.15) is 18.9 Å². The number of aromatic nitrogens is 1. The first-order chi connectivity index (χ1) is 6.59. The molecular weight excluding hydrogens is 268 g/mol. The summed E-state index contributed by atoms with van der Waals surface area (Å²) in [4.78, 5) is 3.94. The van der Waals surface area contributed by atoms with E-state index in [2.05, 4.69) is 4.98 Å². The highest BCUT2D eigenvalue weighted by molar-refractivity contribution is 6.30. The van der Waals surface area contributed by atoms with E-state index in [1.54, 1.807) is 6.07 Å². The van der Waals surface area contributed by atoms with Crippen LogP contribution in [0.5, 0.6) is 0 Å². The molecule has 0 bridgehead atoms. The Balaban J connectivity index is 0. The number of pyridine rings is 1. The van der Waals surface area contributed by atoms with Crippen LogP contribution in [-0.2, 0) is 0 Å². The van der Waals surface area contributed by atoms with E-state index in [0.717, 1.165) is 12.0 Å². The molecule has 0 saturated heterocycles. The van der Waals surface area contributed by atoms with E-state index in [1.807, 2.05) is 19.1 Å². The van der Waals surface area contributed by atoms with Gasteiger partial charge in [0, 0.05) is 17.8 Å². The monoisotopic (exact) mass is 283 g/mol. The number of nitrogens with two attached hydrogens (primary N) is 2. The van der Waals surface area contributed by atoms with Crippen molar-refractivity contribution in [3.8, 4) is 0 Å². The van der Waals surface area contributed by atoms with Crippen LogP contribution in [0.15, 0.2) is 18.3 Å². The third-order valence-electron chi connectivity index (χ3n) is 1.72. The Morgan fingerprint density at radius 3 is 2.69 bits per heavy atom. The van der Waals surface area contributed by atoms with E-state index < -0.39 is 0 Å². The second kappa shape index (κ2) is 8.65. The van der Waals surface area contributed by atoms with Crippen molar-refractivity contribution in [3.05, 3.63) is 28.9 Å². The number of rotatable bonds is 3. The summed E-state index contributed by atoms with van der Waals surface area (Å²) < 4.78 is 0. The van der Waals surface area contributed by atoms with Crippen molar-refractivity contribution in [1.82, 2.24) is 4.98 Å². The smallest absolute Gasteiger partial charge is 0.130 e. The lowest BCUT2D eigenvalue weighted by atomic mass is 10.2. The molecule has 0 spiro atoms. The minimum Gasteiger partial charge on any atom is -0.383 e. The molecule has 1 heterocycles. The van der Waals surface area contributed by atoms with Crippen LogP contribution in [0.25, 0.3) is 6.08 Å². The van der Waals surface area contributed by atoms with Gasteiger partial charge in [0.25, 0.3) is 0 Å². The zero-order valence-electron chi connectivity index (χ0n) is 8.89. The Kier molecular flexibility index (Phi) is 9.67. The molecule has 0 aromatic carbocycles. The van der Waals surface area contributed by atoms with Crippen LogP contribution < -0.4 is 11.5 Å². The van der Waals surface area contributed by atoms with Crippen molar-refractivity contribution in [3.63, 3.8) is 0 Å². The van der Waals surface area contributed by atoms with E-state index in [1.165, 1.54) is 6.20 Å². The molecule has 1 rings (SSSR count). The second-order valence-electron chi connectivity index (χ2n) is 3.24. The van der Waals surface area contributed by atoms with Gasteiger partial charge in [-0.1, -0.05) is 23.8 Å². The summed E-state index contributed by atoms with van der Waals surface area (Å²) in [5.74, 6) is 0.482. The van der Waals surface area contributed by atoms with Crippen LogP contribution in [0.2, 0.25) is 5.02 Å². The van der Waals surface area contributed by atoms with Crippen LogP contribution in [-0.4, -0.2) is 11.0 Å². The molecule has 4 N–H and O–H groups in total. The molecule has 16 heavy (non-hydrogen) atoms. The van der Waals surface area contributed by atoms with Gasteiger partial charge in [-0.25, -0.2) is 4.98 Å². The van der Waals surface area contributed by atoms with Gasteiger partial charge in [0.2, 0.25) is 0 Å². The van der Waals surface area contributed by atoms with E-state index in [0.29, 0.717) is 10.8 Å². The van der Waals surface area contributed by atoms with Gasteiger partial charge in [-0.3, -0.25) is 0 Å². The highest BCUT2D eigenvalue weighted by Crippen LogP contribution is 2.16. The minimum absolute atomic E-state index is 0. The first-order valence-electron chi connectivity index (χ1n) is 4.42. The summed E-state index contributed by atoms with van der Waals surface area (Å²) in [6.45, 7) is 1.95. The number of anilines is 1. The molecule has 0 saturated carbocycles. The predicted molar refractivity (Wildman–Crippen MR) is 75.5 cm³/mol. The molecule has 0 fully saturated rings. The zero-order valence-corrected chi connectivity index (χ0v) is 11.3. The van der Waals surface area contributed by atoms with E-state index >= 15 is 0 Å². The summed E-state index contributed by atoms with van der Waals surface area (Å²) in [7, 11) is 0. The molecule has 1 aromatic rings. The highest BCUT2D eigenvalue weighted by atomic mass is 35.5. The fraction of sp³-hybridized carbons (Fsp3) is 0.300. The van der Waals surface area contributed by atoms with Gasteiger partial charge in [-0.2, -0.15) is 0 Å². The van der Waals surface area contributed by atoms with E-state index in [-0.39, 0.29) is 30.9 Å². The lowest BCUT2D eigenvalue weighted by molar-refractivity contribution is 0.759. The Hall–Kier alpha value is -0.480. The normalized spacial score (nSPS) is 11.7. The zero-order chi connectivity index (χ0) is 10.6. The lowest BCUT2D eigenvalue weighted by Gasteiger charge is -2.00. The third kappa shape index (κ3) is 6.18.